The number of nitrogens with one attached hydrogen (secondary N) is 1. The average Bonchev–Trinajstić information content (AvgIpc) is 2.56. The Bertz CT molecular complexity index is 303. The normalized spacial score (nSPS) is 18.8. The van der Waals surface area contributed by atoms with Crippen LogP contribution in [0.4, 0.5) is 0 Å². The van der Waals surface area contributed by atoms with Crippen LogP contribution in [0, 0.1) is 5.92 Å². The third-order valence-electron chi connectivity index (χ3n) is 3.48. The fourth-order valence-corrected chi connectivity index (χ4v) is 2.16. The van der Waals surface area contributed by atoms with Crippen molar-refractivity contribution in [2.75, 3.05) is 7.05 Å². The summed E-state index contributed by atoms with van der Waals surface area (Å²) in [6.45, 7) is 0. The van der Waals surface area contributed by atoms with E-state index >= 15 is 0 Å². The zero-order chi connectivity index (χ0) is 10.7. The standard InChI is InChI=1S/C11H20N4/c1-12-10(6-9-4-3-5-9)7-11-13-8-14-15(11)2/h8-10,12H,3-7H2,1-2H3. The monoisotopic (exact) mass is 208 g/mol. The molecule has 1 unspecified atom stereocenters. The molecule has 1 aromatic rings. The zero-order valence-electron chi connectivity index (χ0n) is 9.61. The molecule has 1 N–H and O–H groups in total. The Hall–Kier alpha value is -0.900. The minimum Gasteiger partial charge on any atom is -0.317 e. The largest absolute Gasteiger partial charge is 0.317 e. The molecule has 0 bridgehead atoms. The van der Waals surface area contributed by atoms with Gasteiger partial charge in [0.1, 0.15) is 12.2 Å². The van der Waals surface area contributed by atoms with E-state index in [9.17, 15) is 0 Å². The Labute approximate surface area is 91.1 Å². The first-order valence-corrected chi connectivity index (χ1v) is 5.79. The predicted octanol–water partition coefficient (Wildman–Crippen LogP) is 1.14. The number of rotatable bonds is 5. The summed E-state index contributed by atoms with van der Waals surface area (Å²) in [5.41, 5.74) is 0. The molecule has 2 rings (SSSR count). The SMILES string of the molecule is CNC(Cc1ncnn1C)CC1CCC1. The number of aryl methyl sites for hydroxylation is 1. The van der Waals surface area contributed by atoms with Crippen LogP contribution < -0.4 is 5.32 Å². The van der Waals surface area contributed by atoms with Crippen LogP contribution in [-0.2, 0) is 13.5 Å². The molecule has 0 spiro atoms. The lowest BCUT2D eigenvalue weighted by Crippen LogP contribution is -2.32. The predicted molar refractivity (Wildman–Crippen MR) is 59.5 cm³/mol. The molecule has 1 aliphatic rings. The van der Waals surface area contributed by atoms with Gasteiger partial charge in [0, 0.05) is 19.5 Å². The lowest BCUT2D eigenvalue weighted by molar-refractivity contribution is 0.262. The maximum absolute atomic E-state index is 4.27. The zero-order valence-corrected chi connectivity index (χ0v) is 9.61. The van der Waals surface area contributed by atoms with Gasteiger partial charge in [-0.25, -0.2) is 4.98 Å². The summed E-state index contributed by atoms with van der Waals surface area (Å²) in [5, 5.41) is 7.48. The highest BCUT2D eigenvalue weighted by molar-refractivity contribution is 4.90. The van der Waals surface area contributed by atoms with Crippen molar-refractivity contribution in [1.29, 1.82) is 0 Å². The van der Waals surface area contributed by atoms with Crippen molar-refractivity contribution in [3.8, 4) is 0 Å². The Morgan fingerprint density at radius 3 is 2.87 bits per heavy atom. The van der Waals surface area contributed by atoms with E-state index in [1.807, 2.05) is 18.8 Å². The molecule has 1 fully saturated rings. The second-order valence-corrected chi connectivity index (χ2v) is 4.52. The summed E-state index contributed by atoms with van der Waals surface area (Å²) < 4.78 is 1.87. The van der Waals surface area contributed by atoms with E-state index in [0.717, 1.165) is 18.2 Å². The van der Waals surface area contributed by atoms with Crippen LogP contribution in [0.15, 0.2) is 6.33 Å². The van der Waals surface area contributed by atoms with Gasteiger partial charge < -0.3 is 5.32 Å². The van der Waals surface area contributed by atoms with E-state index in [1.54, 1.807) is 6.33 Å². The molecular formula is C11H20N4. The minimum atomic E-state index is 0.554. The number of nitrogens with zero attached hydrogens (tertiary/aromatic N) is 3. The molecule has 0 amide bonds. The average molecular weight is 208 g/mol. The van der Waals surface area contributed by atoms with Crippen molar-refractivity contribution < 1.29 is 0 Å². The van der Waals surface area contributed by atoms with Crippen LogP contribution in [-0.4, -0.2) is 27.9 Å². The fraction of sp³-hybridized carbons (Fsp3) is 0.818. The van der Waals surface area contributed by atoms with Crippen molar-refractivity contribution in [2.45, 2.75) is 38.1 Å². The van der Waals surface area contributed by atoms with Gasteiger partial charge in [0.05, 0.1) is 0 Å². The lowest BCUT2D eigenvalue weighted by Gasteiger charge is -2.29. The third-order valence-corrected chi connectivity index (χ3v) is 3.48. The van der Waals surface area contributed by atoms with Crippen molar-refractivity contribution in [1.82, 2.24) is 20.1 Å². The van der Waals surface area contributed by atoms with Crippen LogP contribution in [0.25, 0.3) is 0 Å². The van der Waals surface area contributed by atoms with Crippen LogP contribution in [0.5, 0.6) is 0 Å². The van der Waals surface area contributed by atoms with Crippen molar-refractivity contribution in [3.63, 3.8) is 0 Å². The van der Waals surface area contributed by atoms with Crippen molar-refractivity contribution >= 4 is 0 Å². The quantitative estimate of drug-likeness (QED) is 0.789. The molecule has 84 valence electrons. The van der Waals surface area contributed by atoms with Gasteiger partial charge in [-0.15, -0.1) is 0 Å². The molecule has 1 heterocycles. The number of aromatic nitrogens is 3. The molecule has 1 saturated carbocycles. The maximum atomic E-state index is 4.27. The third kappa shape index (κ3) is 2.56. The molecule has 0 aliphatic heterocycles. The molecule has 0 radical (unpaired) electrons. The first-order valence-electron chi connectivity index (χ1n) is 5.79. The van der Waals surface area contributed by atoms with Crippen LogP contribution in [0.1, 0.15) is 31.5 Å². The highest BCUT2D eigenvalue weighted by Gasteiger charge is 2.22. The van der Waals surface area contributed by atoms with Crippen molar-refractivity contribution in [3.05, 3.63) is 12.2 Å². The van der Waals surface area contributed by atoms with E-state index in [1.165, 1.54) is 25.7 Å². The molecule has 1 aliphatic carbocycles. The summed E-state index contributed by atoms with van der Waals surface area (Å²) in [5.74, 6) is 2.02. The van der Waals surface area contributed by atoms with Gasteiger partial charge in [-0.3, -0.25) is 4.68 Å². The van der Waals surface area contributed by atoms with Gasteiger partial charge in [0.15, 0.2) is 0 Å². The van der Waals surface area contributed by atoms with E-state index in [4.69, 9.17) is 0 Å². The molecule has 0 aromatic carbocycles. The van der Waals surface area contributed by atoms with E-state index in [-0.39, 0.29) is 0 Å². The van der Waals surface area contributed by atoms with Gasteiger partial charge in [0.25, 0.3) is 0 Å². The molecule has 15 heavy (non-hydrogen) atoms. The molecule has 4 heteroatoms. The molecule has 4 nitrogen and oxygen atoms in total. The Morgan fingerprint density at radius 1 is 1.60 bits per heavy atom. The molecule has 0 saturated heterocycles. The fourth-order valence-electron chi connectivity index (χ4n) is 2.16. The topological polar surface area (TPSA) is 42.7 Å². The first kappa shape index (κ1) is 10.6. The number of likely N-dealkylation sites (N-methyl/N-ethyl adjacent to an activating group) is 1. The van der Waals surface area contributed by atoms with E-state index < -0.39 is 0 Å². The van der Waals surface area contributed by atoms with Gasteiger partial charge in [-0.1, -0.05) is 19.3 Å². The summed E-state index contributed by atoms with van der Waals surface area (Å²) >= 11 is 0. The molecular weight excluding hydrogens is 188 g/mol. The Kier molecular flexibility index (Phi) is 3.36. The summed E-state index contributed by atoms with van der Waals surface area (Å²) in [6.07, 6.45) is 8.15. The second-order valence-electron chi connectivity index (χ2n) is 4.52. The minimum absolute atomic E-state index is 0.554. The van der Waals surface area contributed by atoms with Gasteiger partial charge in [-0.05, 0) is 19.4 Å². The Morgan fingerprint density at radius 2 is 2.40 bits per heavy atom. The van der Waals surface area contributed by atoms with Crippen LogP contribution in [0.2, 0.25) is 0 Å². The lowest BCUT2D eigenvalue weighted by atomic mass is 9.80. The first-order chi connectivity index (χ1) is 7.29. The second kappa shape index (κ2) is 4.75. The number of hydrogen-bond donors (Lipinski definition) is 1. The summed E-state index contributed by atoms with van der Waals surface area (Å²) in [6, 6.07) is 0.554. The van der Waals surface area contributed by atoms with Crippen LogP contribution in [0.3, 0.4) is 0 Å². The van der Waals surface area contributed by atoms with Crippen LogP contribution >= 0.6 is 0 Å². The van der Waals surface area contributed by atoms with E-state index in [2.05, 4.69) is 15.4 Å². The summed E-state index contributed by atoms with van der Waals surface area (Å²) in [4.78, 5) is 4.27. The smallest absolute Gasteiger partial charge is 0.138 e. The van der Waals surface area contributed by atoms with Gasteiger partial charge in [0.2, 0.25) is 0 Å². The number of hydrogen-bond acceptors (Lipinski definition) is 3. The highest BCUT2D eigenvalue weighted by atomic mass is 15.3. The van der Waals surface area contributed by atoms with E-state index in [0.29, 0.717) is 6.04 Å². The molecule has 1 atom stereocenters. The maximum Gasteiger partial charge on any atom is 0.138 e. The van der Waals surface area contributed by atoms with Gasteiger partial charge in [-0.2, -0.15) is 5.10 Å². The highest BCUT2D eigenvalue weighted by Crippen LogP contribution is 2.30. The Balaban J connectivity index is 1.87. The summed E-state index contributed by atoms with van der Waals surface area (Å²) in [7, 11) is 4.00. The van der Waals surface area contributed by atoms with Crippen molar-refractivity contribution in [2.24, 2.45) is 13.0 Å². The molecule has 1 aromatic heterocycles. The van der Waals surface area contributed by atoms with Gasteiger partial charge >= 0.3 is 0 Å².